The van der Waals surface area contributed by atoms with E-state index in [2.05, 4.69) is 41.3 Å². The van der Waals surface area contributed by atoms with Crippen molar-refractivity contribution in [3.05, 3.63) is 72.1 Å². The van der Waals surface area contributed by atoms with Crippen LogP contribution in [0.1, 0.15) is 55.6 Å². The number of esters is 2. The molecule has 3 heterocycles. The molecule has 1 unspecified atom stereocenters. The number of H-pyrrole nitrogens is 1. The van der Waals surface area contributed by atoms with Gasteiger partial charge < -0.3 is 41.0 Å². The number of carbonyl (C=O) groups excluding carboxylic acids is 7. The summed E-state index contributed by atoms with van der Waals surface area (Å²) in [4.78, 5) is 97.7. The van der Waals surface area contributed by atoms with E-state index in [0.29, 0.717) is 29.6 Å². The van der Waals surface area contributed by atoms with E-state index in [9.17, 15) is 33.6 Å². The number of aromatic nitrogens is 2. The van der Waals surface area contributed by atoms with Gasteiger partial charge in [-0.2, -0.15) is 0 Å². The summed E-state index contributed by atoms with van der Waals surface area (Å²) in [7, 11) is 2.38. The number of para-hydroxylation sites is 2. The summed E-state index contributed by atoms with van der Waals surface area (Å²) in [5, 5.41) is 14.7. The molecule has 16 heteroatoms. The zero-order valence-corrected chi connectivity index (χ0v) is 30.0. The lowest BCUT2D eigenvalue weighted by Gasteiger charge is -2.19. The van der Waals surface area contributed by atoms with E-state index in [4.69, 9.17) is 4.74 Å². The zero-order chi connectivity index (χ0) is 38.6. The topological polar surface area (TPSA) is 227 Å². The number of anilines is 1. The van der Waals surface area contributed by atoms with Crippen molar-refractivity contribution in [1.82, 2.24) is 31.2 Å². The molecule has 4 aromatic rings. The Kier molecular flexibility index (Phi) is 13.3. The number of rotatable bonds is 7. The number of hydrogen-bond acceptors (Lipinski definition) is 10. The maximum Gasteiger partial charge on any atom is 0.328 e. The molecule has 16 nitrogen and oxygen atoms in total. The highest BCUT2D eigenvalue weighted by Gasteiger charge is 2.27. The fourth-order valence-corrected chi connectivity index (χ4v) is 6.49. The molecule has 0 spiro atoms. The van der Waals surface area contributed by atoms with Crippen molar-refractivity contribution < 1.29 is 43.0 Å². The van der Waals surface area contributed by atoms with Crippen molar-refractivity contribution in [1.29, 1.82) is 0 Å². The van der Waals surface area contributed by atoms with Gasteiger partial charge in [-0.1, -0.05) is 36.4 Å². The van der Waals surface area contributed by atoms with Crippen LogP contribution in [0.2, 0.25) is 0 Å². The number of nitrogens with zero attached hydrogens (tertiary/aromatic N) is 1. The van der Waals surface area contributed by atoms with E-state index >= 15 is 0 Å². The van der Waals surface area contributed by atoms with Gasteiger partial charge in [0.15, 0.2) is 0 Å². The van der Waals surface area contributed by atoms with Gasteiger partial charge in [0.2, 0.25) is 29.5 Å². The van der Waals surface area contributed by atoms with Gasteiger partial charge in [0, 0.05) is 54.4 Å². The van der Waals surface area contributed by atoms with Crippen molar-refractivity contribution in [2.75, 3.05) is 32.6 Å². The maximum atomic E-state index is 13.6. The molecule has 0 aliphatic carbocycles. The summed E-state index contributed by atoms with van der Waals surface area (Å²) in [5.41, 5.74) is 3.45. The minimum Gasteiger partial charge on any atom is -0.469 e. The maximum absolute atomic E-state index is 13.6. The van der Waals surface area contributed by atoms with Gasteiger partial charge in [-0.15, -0.1) is 0 Å². The average Bonchev–Trinajstić information content (AvgIpc) is 3.59. The third-order valence-corrected chi connectivity index (χ3v) is 9.20. The molecule has 5 amide bonds. The molecule has 0 saturated carbocycles. The molecule has 1 aliphatic rings. The SMILES string of the molecule is COC(=O)CC[C@@H]1NC(=O)CNC(=O)CCCC(CC(=O)Nc2cccc3cccnc23)c2cccc3c(c[nH]c23)C[C@@H](C(=O)OC)NC(=O)CNC1=O. The summed E-state index contributed by atoms with van der Waals surface area (Å²) >= 11 is 0. The number of nitrogens with one attached hydrogen (secondary N) is 6. The zero-order valence-electron chi connectivity index (χ0n) is 30.0. The van der Waals surface area contributed by atoms with Gasteiger partial charge >= 0.3 is 11.9 Å². The fourth-order valence-electron chi connectivity index (χ4n) is 6.49. The molecule has 6 N–H and O–H groups in total. The number of aromatic amines is 1. The van der Waals surface area contributed by atoms with E-state index in [1.54, 1.807) is 18.5 Å². The monoisotopic (exact) mass is 741 g/mol. The quantitative estimate of drug-likeness (QED) is 0.151. The predicted octanol–water partition coefficient (Wildman–Crippen LogP) is 1.88. The number of ether oxygens (including phenoxy) is 2. The molecule has 2 aromatic heterocycles. The van der Waals surface area contributed by atoms with E-state index in [1.807, 2.05) is 42.5 Å². The molecule has 1 aliphatic heterocycles. The molecule has 5 rings (SSSR count). The van der Waals surface area contributed by atoms with Crippen LogP contribution in [-0.4, -0.2) is 90.8 Å². The second kappa shape index (κ2) is 18.4. The van der Waals surface area contributed by atoms with Crippen molar-refractivity contribution in [2.24, 2.45) is 0 Å². The number of methoxy groups -OCH3 is 2. The van der Waals surface area contributed by atoms with Crippen LogP contribution in [0.4, 0.5) is 5.69 Å². The number of amides is 5. The third kappa shape index (κ3) is 10.2. The van der Waals surface area contributed by atoms with Crippen LogP contribution in [0.25, 0.3) is 21.8 Å². The van der Waals surface area contributed by atoms with Gasteiger partial charge in [-0.3, -0.25) is 33.8 Å². The van der Waals surface area contributed by atoms with Crippen LogP contribution in [0.5, 0.6) is 0 Å². The van der Waals surface area contributed by atoms with Gasteiger partial charge in [0.05, 0.1) is 38.5 Å². The van der Waals surface area contributed by atoms with Crippen LogP contribution in [0.15, 0.2) is 60.9 Å². The van der Waals surface area contributed by atoms with Crippen LogP contribution < -0.4 is 26.6 Å². The normalized spacial score (nSPS) is 19.1. The van der Waals surface area contributed by atoms with E-state index in [-0.39, 0.29) is 43.9 Å². The largest absolute Gasteiger partial charge is 0.469 e. The first-order chi connectivity index (χ1) is 26.1. The molecule has 0 radical (unpaired) electrons. The summed E-state index contributed by atoms with van der Waals surface area (Å²) in [5.74, 6) is -4.52. The first kappa shape index (κ1) is 38.9. The van der Waals surface area contributed by atoms with Gasteiger partial charge in [0.1, 0.15) is 12.1 Å². The fraction of sp³-hybridized carbons (Fsp3) is 0.368. The first-order valence-corrected chi connectivity index (χ1v) is 17.6. The second-order valence-corrected chi connectivity index (χ2v) is 12.9. The summed E-state index contributed by atoms with van der Waals surface area (Å²) < 4.78 is 9.62. The van der Waals surface area contributed by atoms with Gasteiger partial charge in [0.25, 0.3) is 0 Å². The molecular weight excluding hydrogens is 698 g/mol. The number of fused-ring (bicyclic) bond motifs is 1. The van der Waals surface area contributed by atoms with E-state index in [0.717, 1.165) is 21.9 Å². The highest BCUT2D eigenvalue weighted by molar-refractivity contribution is 6.01. The lowest BCUT2D eigenvalue weighted by Crippen LogP contribution is -2.52. The third-order valence-electron chi connectivity index (χ3n) is 9.20. The van der Waals surface area contributed by atoms with E-state index < -0.39 is 60.7 Å². The number of pyridine rings is 1. The predicted molar refractivity (Wildman–Crippen MR) is 197 cm³/mol. The second-order valence-electron chi connectivity index (χ2n) is 12.9. The van der Waals surface area contributed by atoms with Crippen LogP contribution in [-0.2, 0) is 49.5 Å². The highest BCUT2D eigenvalue weighted by atomic mass is 16.5. The Labute approximate surface area is 310 Å². The Morgan fingerprint density at radius 1 is 0.889 bits per heavy atom. The molecule has 3 atom stereocenters. The molecule has 0 saturated heterocycles. The summed E-state index contributed by atoms with van der Waals surface area (Å²) in [6, 6.07) is 12.5. The minimum absolute atomic E-state index is 0.0348. The van der Waals surface area contributed by atoms with Crippen molar-refractivity contribution >= 4 is 69.0 Å². The Balaban J connectivity index is 1.42. The Bertz CT molecular complexity index is 2040. The van der Waals surface area contributed by atoms with Gasteiger partial charge in [-0.05, 0) is 48.4 Å². The minimum atomic E-state index is -1.23. The molecular formula is C38H43N7O9. The lowest BCUT2D eigenvalue weighted by atomic mass is 9.88. The summed E-state index contributed by atoms with van der Waals surface area (Å²) in [6.07, 6.45) is 3.97. The van der Waals surface area contributed by atoms with Crippen LogP contribution in [0, 0.1) is 0 Å². The summed E-state index contributed by atoms with van der Waals surface area (Å²) in [6.45, 7) is -0.998. The number of benzene rings is 2. The van der Waals surface area contributed by atoms with Crippen molar-refractivity contribution in [2.45, 2.75) is 62.9 Å². The van der Waals surface area contributed by atoms with Crippen LogP contribution in [0.3, 0.4) is 0 Å². The molecule has 4 bridgehead atoms. The highest BCUT2D eigenvalue weighted by Crippen LogP contribution is 2.34. The molecule has 54 heavy (non-hydrogen) atoms. The number of hydrogen-bond donors (Lipinski definition) is 6. The standard InChI is InChI=1S/C38H43N7O9/c1-53-34(50)15-14-28-37(51)42-21-33(49)45-29(38(52)54-2)17-24-19-41-36-25(10-5-11-26(24)36)23(8-4-13-30(46)40-20-32(48)44-28)18-31(47)43-27-12-3-7-22-9-6-16-39-35(22)27/h3,5-7,9-12,16,19,23,28-29,41H,4,8,13-15,17-18,20-21H2,1-2H3,(H,40,46)(H,42,51)(H,43,47)(H,44,48)(H,45,49)/t23?,28-,29-/m0/s1. The Morgan fingerprint density at radius 3 is 2.44 bits per heavy atom. The number of carbonyl (C=O) groups is 7. The average molecular weight is 742 g/mol. The van der Waals surface area contributed by atoms with Crippen molar-refractivity contribution in [3.8, 4) is 0 Å². The molecule has 2 aromatic carbocycles. The Hall–Kier alpha value is -6.32. The molecule has 0 fully saturated rings. The van der Waals surface area contributed by atoms with Crippen LogP contribution >= 0.6 is 0 Å². The van der Waals surface area contributed by atoms with E-state index in [1.165, 1.54) is 14.2 Å². The Morgan fingerprint density at radius 2 is 1.65 bits per heavy atom. The molecule has 284 valence electrons. The van der Waals surface area contributed by atoms with Crippen molar-refractivity contribution in [3.63, 3.8) is 0 Å². The van der Waals surface area contributed by atoms with Gasteiger partial charge in [-0.25, -0.2) is 4.79 Å². The smallest absolute Gasteiger partial charge is 0.328 e. The first-order valence-electron chi connectivity index (χ1n) is 17.6. The lowest BCUT2D eigenvalue weighted by molar-refractivity contribution is -0.145.